The minimum atomic E-state index is -0.408. The molecule has 1 aliphatic heterocycles. The molecule has 13 heteroatoms. The SMILES string of the molecule is CC(CO[C@H](C)c1nn[nH]n1)NC1CCCCC1.N#CC1(CNc2cccc(-c3cc(N)ncc3Cl)n2)CCOCC1. The van der Waals surface area contributed by atoms with Crippen LogP contribution >= 0.6 is 11.6 Å². The fourth-order valence-corrected chi connectivity index (χ4v) is 5.31. The number of H-pyrrole nitrogens is 1. The number of rotatable bonds is 10. The van der Waals surface area contributed by atoms with Gasteiger partial charge >= 0.3 is 0 Å². The normalized spacial score (nSPS) is 18.2. The summed E-state index contributed by atoms with van der Waals surface area (Å²) in [5.74, 6) is 1.69. The number of nitrogens with one attached hydrogen (secondary N) is 3. The zero-order valence-electron chi connectivity index (χ0n) is 24.4. The summed E-state index contributed by atoms with van der Waals surface area (Å²) in [7, 11) is 0. The number of hydrogen-bond donors (Lipinski definition) is 4. The topological polar surface area (TPSA) is 173 Å². The van der Waals surface area contributed by atoms with Crippen LogP contribution in [0.25, 0.3) is 11.3 Å². The van der Waals surface area contributed by atoms with Crippen molar-refractivity contribution < 1.29 is 9.47 Å². The van der Waals surface area contributed by atoms with Gasteiger partial charge in [0.1, 0.15) is 17.7 Å². The van der Waals surface area contributed by atoms with Crippen molar-refractivity contribution in [2.45, 2.75) is 77.0 Å². The van der Waals surface area contributed by atoms with Crippen LogP contribution < -0.4 is 16.4 Å². The number of nitrogen functional groups attached to an aromatic ring is 1. The van der Waals surface area contributed by atoms with Gasteiger partial charge in [-0.15, -0.1) is 10.2 Å². The number of nitrogens with two attached hydrogens (primary N) is 1. The standard InChI is InChI=1S/C17H18ClN5O.C12H23N5O/c18-13-9-21-15(20)8-12(13)14-2-1-3-16(23-14)22-11-17(10-19)4-6-24-7-5-17;1-9(13-11-6-4-3-5-7-11)8-18-10(2)12-14-16-17-15-12/h1-3,8-9H,4-7,11H2,(H2,20,21)(H,22,23);9-11,13H,3-8H2,1-2H3,(H,14,15,16,17)/t;9?,10-/m.1/s1. The predicted octanol–water partition coefficient (Wildman–Crippen LogP) is 4.70. The monoisotopic (exact) mass is 596 g/mol. The molecule has 0 aromatic carbocycles. The number of ether oxygens (including phenoxy) is 2. The first-order valence-electron chi connectivity index (χ1n) is 14.6. The second-order valence-corrected chi connectivity index (χ2v) is 11.4. The summed E-state index contributed by atoms with van der Waals surface area (Å²) in [6.07, 6.45) is 9.54. The number of tetrazole rings is 1. The lowest BCUT2D eigenvalue weighted by Gasteiger charge is -2.30. The van der Waals surface area contributed by atoms with Gasteiger partial charge in [-0.1, -0.05) is 42.1 Å². The van der Waals surface area contributed by atoms with E-state index < -0.39 is 5.41 Å². The third-order valence-corrected chi connectivity index (χ3v) is 7.94. The molecule has 0 spiro atoms. The Bertz CT molecular complexity index is 1270. The summed E-state index contributed by atoms with van der Waals surface area (Å²) in [5.41, 5.74) is 6.76. The molecular weight excluding hydrogens is 556 g/mol. The predicted molar refractivity (Wildman–Crippen MR) is 161 cm³/mol. The highest BCUT2D eigenvalue weighted by Crippen LogP contribution is 2.31. The van der Waals surface area contributed by atoms with Gasteiger partial charge in [0.15, 0.2) is 0 Å². The van der Waals surface area contributed by atoms with Crippen molar-refractivity contribution >= 4 is 23.2 Å². The van der Waals surface area contributed by atoms with E-state index in [1.54, 1.807) is 6.07 Å². The third-order valence-electron chi connectivity index (χ3n) is 7.64. The number of halogens is 1. The lowest BCUT2D eigenvalue weighted by atomic mass is 9.82. The molecule has 2 fully saturated rings. The van der Waals surface area contributed by atoms with Crippen LogP contribution in [0.2, 0.25) is 5.02 Å². The van der Waals surface area contributed by atoms with E-state index in [0.717, 1.165) is 18.4 Å². The van der Waals surface area contributed by atoms with Crippen molar-refractivity contribution in [2.75, 3.05) is 37.4 Å². The molecule has 1 aliphatic carbocycles. The Morgan fingerprint density at radius 3 is 2.74 bits per heavy atom. The van der Waals surface area contributed by atoms with E-state index in [9.17, 15) is 5.26 Å². The molecule has 42 heavy (non-hydrogen) atoms. The van der Waals surface area contributed by atoms with Crippen molar-refractivity contribution in [1.29, 1.82) is 5.26 Å². The summed E-state index contributed by atoms with van der Waals surface area (Å²) in [5, 5.41) is 30.7. The van der Waals surface area contributed by atoms with E-state index in [1.807, 2.05) is 25.1 Å². The van der Waals surface area contributed by atoms with Crippen molar-refractivity contribution in [3.63, 3.8) is 0 Å². The molecule has 5 N–H and O–H groups in total. The van der Waals surface area contributed by atoms with Crippen molar-refractivity contribution in [3.05, 3.63) is 41.3 Å². The molecule has 3 aromatic heterocycles. The molecule has 0 amide bonds. The number of aromatic amines is 1. The number of aromatic nitrogens is 6. The highest BCUT2D eigenvalue weighted by molar-refractivity contribution is 6.33. The highest BCUT2D eigenvalue weighted by Gasteiger charge is 2.32. The number of pyridine rings is 2. The zero-order chi connectivity index (χ0) is 29.8. The molecule has 226 valence electrons. The second-order valence-electron chi connectivity index (χ2n) is 11.0. The van der Waals surface area contributed by atoms with Crippen LogP contribution in [0, 0.1) is 16.7 Å². The molecule has 12 nitrogen and oxygen atoms in total. The Hall–Kier alpha value is -3.37. The first kappa shape index (κ1) is 31.6. The molecule has 5 rings (SSSR count). The van der Waals surface area contributed by atoms with E-state index in [-0.39, 0.29) is 6.10 Å². The Labute approximate surface area is 252 Å². The maximum Gasteiger partial charge on any atom is 0.202 e. The van der Waals surface area contributed by atoms with E-state index in [0.29, 0.717) is 66.6 Å². The molecule has 2 aliphatic rings. The Balaban J connectivity index is 0.000000201. The molecule has 4 heterocycles. The van der Waals surface area contributed by atoms with E-state index in [2.05, 4.69) is 54.2 Å². The highest BCUT2D eigenvalue weighted by atomic mass is 35.5. The fraction of sp³-hybridized carbons (Fsp3) is 0.586. The molecule has 1 unspecified atom stereocenters. The summed E-state index contributed by atoms with van der Waals surface area (Å²) < 4.78 is 11.1. The quantitative estimate of drug-likeness (QED) is 0.255. The number of nitriles is 1. The van der Waals surface area contributed by atoms with Crippen LogP contribution in [0.3, 0.4) is 0 Å². The minimum absolute atomic E-state index is 0.112. The minimum Gasteiger partial charge on any atom is -0.384 e. The van der Waals surface area contributed by atoms with Gasteiger partial charge in [0, 0.05) is 43.6 Å². The molecule has 0 radical (unpaired) electrons. The van der Waals surface area contributed by atoms with Gasteiger partial charge in [-0.2, -0.15) is 10.5 Å². The maximum atomic E-state index is 9.51. The maximum absolute atomic E-state index is 9.51. The van der Waals surface area contributed by atoms with Crippen LogP contribution in [0.5, 0.6) is 0 Å². The average molecular weight is 597 g/mol. The van der Waals surface area contributed by atoms with Gasteiger partial charge in [-0.05, 0) is 57.7 Å². The van der Waals surface area contributed by atoms with Crippen molar-refractivity contribution in [1.82, 2.24) is 35.9 Å². The van der Waals surface area contributed by atoms with Gasteiger partial charge in [0.2, 0.25) is 5.82 Å². The van der Waals surface area contributed by atoms with Crippen LogP contribution in [-0.2, 0) is 9.47 Å². The van der Waals surface area contributed by atoms with E-state index in [1.165, 1.54) is 38.3 Å². The zero-order valence-corrected chi connectivity index (χ0v) is 25.1. The number of anilines is 2. The molecule has 0 bridgehead atoms. The third kappa shape index (κ3) is 9.32. The van der Waals surface area contributed by atoms with Gasteiger partial charge in [0.05, 0.1) is 28.8 Å². The largest absolute Gasteiger partial charge is 0.384 e. The lowest BCUT2D eigenvalue weighted by Crippen LogP contribution is -2.40. The summed E-state index contributed by atoms with van der Waals surface area (Å²) in [6.45, 7) is 6.56. The van der Waals surface area contributed by atoms with Gasteiger partial charge in [0.25, 0.3) is 0 Å². The second kappa shape index (κ2) is 15.7. The van der Waals surface area contributed by atoms with Crippen LogP contribution in [0.4, 0.5) is 11.6 Å². The Kier molecular flexibility index (Phi) is 11.8. The van der Waals surface area contributed by atoms with E-state index >= 15 is 0 Å². The van der Waals surface area contributed by atoms with Gasteiger partial charge in [-0.25, -0.2) is 9.97 Å². The van der Waals surface area contributed by atoms with Crippen LogP contribution in [0.15, 0.2) is 30.5 Å². The van der Waals surface area contributed by atoms with Crippen LogP contribution in [0.1, 0.15) is 70.7 Å². The Morgan fingerprint density at radius 1 is 1.24 bits per heavy atom. The lowest BCUT2D eigenvalue weighted by molar-refractivity contribution is 0.0437. The molecule has 1 saturated heterocycles. The van der Waals surface area contributed by atoms with Crippen molar-refractivity contribution in [2.24, 2.45) is 5.41 Å². The molecular formula is C29H41ClN10O2. The smallest absolute Gasteiger partial charge is 0.202 e. The first-order valence-corrected chi connectivity index (χ1v) is 15.0. The number of nitrogens with zero attached hydrogens (tertiary/aromatic N) is 6. The summed E-state index contributed by atoms with van der Waals surface area (Å²) >= 11 is 6.19. The molecule has 1 saturated carbocycles. The first-order chi connectivity index (χ1) is 20.4. The van der Waals surface area contributed by atoms with E-state index in [4.69, 9.17) is 26.8 Å². The van der Waals surface area contributed by atoms with Crippen molar-refractivity contribution in [3.8, 4) is 17.3 Å². The van der Waals surface area contributed by atoms with Gasteiger partial charge < -0.3 is 25.8 Å². The summed E-state index contributed by atoms with van der Waals surface area (Å²) in [4.78, 5) is 8.53. The average Bonchev–Trinajstić information content (AvgIpc) is 3.57. The fourth-order valence-electron chi connectivity index (χ4n) is 5.11. The Morgan fingerprint density at radius 2 is 2.02 bits per heavy atom. The van der Waals surface area contributed by atoms with Gasteiger partial charge in [-0.3, -0.25) is 0 Å². The molecule has 2 atom stereocenters. The summed E-state index contributed by atoms with van der Waals surface area (Å²) in [6, 6.07) is 10.8. The van der Waals surface area contributed by atoms with Crippen LogP contribution in [-0.4, -0.2) is 69.0 Å². The number of hydrogen-bond acceptors (Lipinski definition) is 11. The molecule has 3 aromatic rings.